The molecule has 2 fully saturated rings. The fraction of sp³-hybridized carbons (Fsp3) is 0.800. The molecule has 2 aliphatic carbocycles. The number of carbonyl (C=O) groups excluding carboxylic acids is 1. The Morgan fingerprint density at radius 2 is 2.35 bits per heavy atom. The molecule has 0 N–H and O–H groups in total. The molecule has 2 heteroatoms. The van der Waals surface area contributed by atoms with E-state index in [0.717, 1.165) is 18.3 Å². The summed E-state index contributed by atoms with van der Waals surface area (Å²) >= 11 is 0. The zero-order chi connectivity index (χ0) is 12.3. The number of hydrogen-bond acceptors (Lipinski definition) is 2. The van der Waals surface area contributed by atoms with E-state index < -0.39 is 0 Å². The van der Waals surface area contributed by atoms with Gasteiger partial charge in [0.15, 0.2) is 0 Å². The maximum Gasteiger partial charge on any atom is 0.330 e. The molecule has 0 aromatic carbocycles. The Bertz CT molecular complexity index is 293. The third kappa shape index (κ3) is 3.11. The van der Waals surface area contributed by atoms with Gasteiger partial charge in [0.2, 0.25) is 0 Å². The van der Waals surface area contributed by atoms with Gasteiger partial charge in [-0.3, -0.25) is 0 Å². The second-order valence-corrected chi connectivity index (χ2v) is 6.13. The van der Waals surface area contributed by atoms with Crippen LogP contribution in [-0.4, -0.2) is 12.6 Å². The van der Waals surface area contributed by atoms with E-state index in [9.17, 15) is 4.79 Å². The molecule has 17 heavy (non-hydrogen) atoms. The zero-order valence-electron chi connectivity index (χ0n) is 10.9. The fourth-order valence-electron chi connectivity index (χ4n) is 4.12. The van der Waals surface area contributed by atoms with E-state index in [1.807, 2.05) is 0 Å². The van der Waals surface area contributed by atoms with Gasteiger partial charge in [-0.1, -0.05) is 26.3 Å². The lowest BCUT2D eigenvalue weighted by molar-refractivity contribution is -0.139. The average Bonchev–Trinajstić information content (AvgIpc) is 2.27. The molecule has 0 spiro atoms. The Balaban J connectivity index is 1.88. The van der Waals surface area contributed by atoms with E-state index in [4.69, 9.17) is 4.74 Å². The van der Waals surface area contributed by atoms with Crippen LogP contribution in [0.15, 0.2) is 12.7 Å². The largest absolute Gasteiger partial charge is 0.463 e. The molecular weight excluding hydrogens is 212 g/mol. The van der Waals surface area contributed by atoms with Crippen molar-refractivity contribution in [1.82, 2.24) is 0 Å². The SMILES string of the molecule is C=CC(=O)OCCC12CCCC(CC(C)C1)C2. The van der Waals surface area contributed by atoms with Crippen molar-refractivity contribution in [2.45, 2.75) is 51.9 Å². The molecule has 3 atom stereocenters. The second-order valence-electron chi connectivity index (χ2n) is 6.13. The van der Waals surface area contributed by atoms with Crippen molar-refractivity contribution in [3.8, 4) is 0 Å². The summed E-state index contributed by atoms with van der Waals surface area (Å²) in [4.78, 5) is 11.0. The molecule has 96 valence electrons. The van der Waals surface area contributed by atoms with Gasteiger partial charge in [0.05, 0.1) is 6.61 Å². The van der Waals surface area contributed by atoms with Crippen LogP contribution < -0.4 is 0 Å². The van der Waals surface area contributed by atoms with Crippen LogP contribution in [0.2, 0.25) is 0 Å². The lowest BCUT2D eigenvalue weighted by Gasteiger charge is -2.48. The molecule has 0 amide bonds. The first-order chi connectivity index (χ1) is 8.13. The Morgan fingerprint density at radius 1 is 1.53 bits per heavy atom. The standard InChI is InChI=1S/C15H24O2/c1-3-14(16)17-8-7-15-6-4-5-13(11-15)9-12(2)10-15/h3,12-13H,1,4-11H2,2H3. The van der Waals surface area contributed by atoms with E-state index in [0.29, 0.717) is 12.0 Å². The maximum absolute atomic E-state index is 11.0. The van der Waals surface area contributed by atoms with Gasteiger partial charge in [0.1, 0.15) is 0 Å². The first kappa shape index (κ1) is 12.7. The smallest absolute Gasteiger partial charge is 0.330 e. The topological polar surface area (TPSA) is 26.3 Å². The number of carbonyl (C=O) groups is 1. The molecule has 0 aliphatic heterocycles. The molecule has 0 heterocycles. The van der Waals surface area contributed by atoms with Gasteiger partial charge in [-0.05, 0) is 49.4 Å². The minimum absolute atomic E-state index is 0.280. The Morgan fingerprint density at radius 3 is 3.12 bits per heavy atom. The van der Waals surface area contributed by atoms with E-state index in [1.165, 1.54) is 44.6 Å². The molecule has 2 nitrogen and oxygen atoms in total. The molecule has 0 aromatic rings. The van der Waals surface area contributed by atoms with Crippen LogP contribution in [0.4, 0.5) is 0 Å². The summed E-state index contributed by atoms with van der Waals surface area (Å²) < 4.78 is 5.16. The quantitative estimate of drug-likeness (QED) is 0.549. The van der Waals surface area contributed by atoms with Crippen molar-refractivity contribution in [3.63, 3.8) is 0 Å². The number of esters is 1. The van der Waals surface area contributed by atoms with Crippen molar-refractivity contribution >= 4 is 5.97 Å². The summed E-state index contributed by atoms with van der Waals surface area (Å²) in [5.41, 5.74) is 0.474. The molecule has 0 aromatic heterocycles. The van der Waals surface area contributed by atoms with Gasteiger partial charge < -0.3 is 4.74 Å². The molecule has 2 aliphatic rings. The van der Waals surface area contributed by atoms with Crippen LogP contribution >= 0.6 is 0 Å². The predicted octanol–water partition coefficient (Wildman–Crippen LogP) is 3.71. The van der Waals surface area contributed by atoms with Crippen molar-refractivity contribution in [3.05, 3.63) is 12.7 Å². The van der Waals surface area contributed by atoms with E-state index in [1.54, 1.807) is 0 Å². The summed E-state index contributed by atoms with van der Waals surface area (Å²) in [6.45, 7) is 6.37. The normalized spacial score (nSPS) is 36.3. The zero-order valence-corrected chi connectivity index (χ0v) is 10.9. The van der Waals surface area contributed by atoms with Crippen LogP contribution in [0, 0.1) is 17.3 Å². The Labute approximate surface area is 104 Å². The summed E-state index contributed by atoms with van der Waals surface area (Å²) in [7, 11) is 0. The Hall–Kier alpha value is -0.790. The minimum Gasteiger partial charge on any atom is -0.463 e. The van der Waals surface area contributed by atoms with Crippen molar-refractivity contribution < 1.29 is 9.53 Å². The highest BCUT2D eigenvalue weighted by molar-refractivity contribution is 5.81. The third-order valence-electron chi connectivity index (χ3n) is 4.60. The van der Waals surface area contributed by atoms with Gasteiger partial charge in [0, 0.05) is 6.08 Å². The molecule has 2 bridgehead atoms. The van der Waals surface area contributed by atoms with Crippen LogP contribution in [0.5, 0.6) is 0 Å². The lowest BCUT2D eigenvalue weighted by Crippen LogP contribution is -2.37. The summed E-state index contributed by atoms with van der Waals surface area (Å²) in [6.07, 6.45) is 10.5. The first-order valence-electron chi connectivity index (χ1n) is 6.93. The van der Waals surface area contributed by atoms with Crippen LogP contribution in [0.1, 0.15) is 51.9 Å². The predicted molar refractivity (Wildman–Crippen MR) is 68.6 cm³/mol. The highest BCUT2D eigenvalue weighted by Crippen LogP contribution is 2.52. The van der Waals surface area contributed by atoms with Gasteiger partial charge in [-0.2, -0.15) is 0 Å². The summed E-state index contributed by atoms with van der Waals surface area (Å²) in [5.74, 6) is 1.50. The van der Waals surface area contributed by atoms with E-state index in [2.05, 4.69) is 13.5 Å². The number of rotatable bonds is 4. The van der Waals surface area contributed by atoms with Crippen molar-refractivity contribution in [1.29, 1.82) is 0 Å². The van der Waals surface area contributed by atoms with Gasteiger partial charge in [-0.25, -0.2) is 4.79 Å². The fourth-order valence-corrected chi connectivity index (χ4v) is 4.12. The van der Waals surface area contributed by atoms with Crippen molar-refractivity contribution in [2.75, 3.05) is 6.61 Å². The van der Waals surface area contributed by atoms with Crippen LogP contribution in [0.3, 0.4) is 0 Å². The maximum atomic E-state index is 11.0. The molecule has 3 unspecified atom stereocenters. The molecular formula is C15H24O2. The monoisotopic (exact) mass is 236 g/mol. The highest BCUT2D eigenvalue weighted by Gasteiger charge is 2.41. The average molecular weight is 236 g/mol. The lowest BCUT2D eigenvalue weighted by atomic mass is 9.58. The molecule has 0 saturated heterocycles. The van der Waals surface area contributed by atoms with Crippen molar-refractivity contribution in [2.24, 2.45) is 17.3 Å². The second kappa shape index (κ2) is 5.24. The molecule has 0 radical (unpaired) electrons. The van der Waals surface area contributed by atoms with E-state index >= 15 is 0 Å². The number of hydrogen-bond donors (Lipinski definition) is 0. The van der Waals surface area contributed by atoms with Crippen LogP contribution in [0.25, 0.3) is 0 Å². The van der Waals surface area contributed by atoms with E-state index in [-0.39, 0.29) is 5.97 Å². The summed E-state index contributed by atoms with van der Waals surface area (Å²) in [6, 6.07) is 0. The van der Waals surface area contributed by atoms with Gasteiger partial charge >= 0.3 is 5.97 Å². The molecule has 2 saturated carbocycles. The molecule has 2 rings (SSSR count). The number of ether oxygens (including phenoxy) is 1. The summed E-state index contributed by atoms with van der Waals surface area (Å²) in [5, 5.41) is 0. The highest BCUT2D eigenvalue weighted by atomic mass is 16.5. The third-order valence-corrected chi connectivity index (χ3v) is 4.60. The minimum atomic E-state index is -0.280. The van der Waals surface area contributed by atoms with Gasteiger partial charge in [-0.15, -0.1) is 0 Å². The Kier molecular flexibility index (Phi) is 3.90. The first-order valence-corrected chi connectivity index (χ1v) is 6.93. The number of fused-ring (bicyclic) bond motifs is 2. The van der Waals surface area contributed by atoms with Gasteiger partial charge in [0.25, 0.3) is 0 Å². The van der Waals surface area contributed by atoms with Crippen LogP contribution in [-0.2, 0) is 9.53 Å².